The molecule has 10 heteroatoms. The number of phosphoric acid groups is 1. The number of allylic oxidation sites excluding steroid dienone is 2. The van der Waals surface area contributed by atoms with E-state index in [1.807, 2.05) is 21.1 Å². The Morgan fingerprint density at radius 3 is 0.725 bits per heavy atom. The minimum atomic E-state index is -4.64. The normalized spacial score (nSPS) is 12.9. The lowest BCUT2D eigenvalue weighted by molar-refractivity contribution is -0.870. The molecule has 102 heavy (non-hydrogen) atoms. The second-order valence-electron chi connectivity index (χ2n) is 33.4. The number of phosphoric ester groups is 1. The van der Waals surface area contributed by atoms with E-state index in [1.54, 1.807) is 0 Å². The van der Waals surface area contributed by atoms with Crippen molar-refractivity contribution in [3.8, 4) is 0 Å². The van der Waals surface area contributed by atoms with Gasteiger partial charge in [-0.15, -0.1) is 0 Å². The molecule has 0 amide bonds. The minimum absolute atomic E-state index is 0.0251. The van der Waals surface area contributed by atoms with Crippen molar-refractivity contribution in [2.24, 2.45) is 0 Å². The van der Waals surface area contributed by atoms with E-state index in [0.29, 0.717) is 17.4 Å². The largest absolute Gasteiger partial charge is 0.756 e. The number of hydrogen-bond donors (Lipinski definition) is 0. The Kier molecular flexibility index (Phi) is 82.8. The first-order valence-electron chi connectivity index (χ1n) is 46.4. The first-order valence-corrected chi connectivity index (χ1v) is 47.9. The average molecular weight is 1460 g/mol. The zero-order valence-corrected chi connectivity index (χ0v) is 70.8. The Labute approximate surface area is 638 Å². The third-order valence-electron chi connectivity index (χ3n) is 21.8. The lowest BCUT2D eigenvalue weighted by Crippen LogP contribution is -2.37. The molecular weight excluding hydrogens is 1280 g/mol. The molecule has 0 spiro atoms. The van der Waals surface area contributed by atoms with Crippen molar-refractivity contribution in [2.75, 3.05) is 47.5 Å². The van der Waals surface area contributed by atoms with E-state index in [0.717, 1.165) is 32.1 Å². The molecule has 0 radical (unpaired) electrons. The van der Waals surface area contributed by atoms with E-state index in [4.69, 9.17) is 18.5 Å². The Morgan fingerprint density at radius 1 is 0.294 bits per heavy atom. The van der Waals surface area contributed by atoms with Crippen molar-refractivity contribution in [2.45, 2.75) is 521 Å². The summed E-state index contributed by atoms with van der Waals surface area (Å²) in [6.07, 6.45) is 108. The van der Waals surface area contributed by atoms with Crippen LogP contribution in [0.3, 0.4) is 0 Å². The van der Waals surface area contributed by atoms with Gasteiger partial charge in [0, 0.05) is 12.8 Å². The van der Waals surface area contributed by atoms with E-state index >= 15 is 0 Å². The molecule has 0 aromatic heterocycles. The van der Waals surface area contributed by atoms with Crippen LogP contribution in [0.25, 0.3) is 0 Å². The summed E-state index contributed by atoms with van der Waals surface area (Å²) in [5, 5.41) is 0. The van der Waals surface area contributed by atoms with Crippen molar-refractivity contribution in [3.63, 3.8) is 0 Å². The van der Waals surface area contributed by atoms with Crippen molar-refractivity contribution in [1.82, 2.24) is 0 Å². The van der Waals surface area contributed by atoms with E-state index in [9.17, 15) is 19.0 Å². The van der Waals surface area contributed by atoms with Crippen molar-refractivity contribution in [3.05, 3.63) is 12.2 Å². The Morgan fingerprint density at radius 2 is 0.500 bits per heavy atom. The molecule has 608 valence electrons. The summed E-state index contributed by atoms with van der Waals surface area (Å²) in [6, 6.07) is 0. The highest BCUT2D eigenvalue weighted by atomic mass is 31.2. The smallest absolute Gasteiger partial charge is 0.306 e. The highest BCUT2D eigenvalue weighted by Gasteiger charge is 2.22. The monoisotopic (exact) mass is 1460 g/mol. The molecular formula is C92H182NO8P. The van der Waals surface area contributed by atoms with Crippen LogP contribution < -0.4 is 4.89 Å². The number of carbonyl (C=O) groups excluding carboxylic acids is 2. The van der Waals surface area contributed by atoms with E-state index in [1.165, 1.54) is 449 Å². The van der Waals surface area contributed by atoms with Crippen LogP contribution in [0, 0.1) is 0 Å². The molecule has 0 N–H and O–H groups in total. The molecule has 0 aromatic carbocycles. The third-order valence-corrected chi connectivity index (χ3v) is 22.7. The predicted octanol–water partition coefficient (Wildman–Crippen LogP) is 30.7. The number of esters is 2. The number of ether oxygens (including phenoxy) is 2. The van der Waals surface area contributed by atoms with Gasteiger partial charge in [-0.1, -0.05) is 475 Å². The maximum Gasteiger partial charge on any atom is 0.306 e. The number of nitrogens with zero attached hydrogens (tertiary/aromatic N) is 1. The average Bonchev–Trinajstić information content (AvgIpc) is 0.916. The zero-order valence-electron chi connectivity index (χ0n) is 69.9. The SMILES string of the molecule is CCCCCCCCCC/C=C\CCCCCCCCCCCCCCCCCCCCCCCCCCCCCCCC(=O)OC(COC(=O)CCCCCCCCCCCCCCCCCCCCCCCCCCCCCCCCCCCCCCC)COP(=O)([O-])OCC[N+](C)(C)C. The fourth-order valence-electron chi connectivity index (χ4n) is 14.7. The topological polar surface area (TPSA) is 111 Å². The molecule has 0 saturated carbocycles. The molecule has 2 unspecified atom stereocenters. The number of quaternary nitrogens is 1. The summed E-state index contributed by atoms with van der Waals surface area (Å²) in [5.74, 6) is -0.799. The highest BCUT2D eigenvalue weighted by molar-refractivity contribution is 7.45. The van der Waals surface area contributed by atoms with Crippen LogP contribution in [-0.2, 0) is 32.7 Å². The van der Waals surface area contributed by atoms with Crippen LogP contribution in [0.1, 0.15) is 515 Å². The summed E-state index contributed by atoms with van der Waals surface area (Å²) in [7, 11) is 1.20. The lowest BCUT2D eigenvalue weighted by Gasteiger charge is -2.28. The van der Waals surface area contributed by atoms with Gasteiger partial charge in [0.1, 0.15) is 19.8 Å². The minimum Gasteiger partial charge on any atom is -0.756 e. The molecule has 9 nitrogen and oxygen atoms in total. The van der Waals surface area contributed by atoms with Crippen molar-refractivity contribution >= 4 is 19.8 Å². The second kappa shape index (κ2) is 83.8. The Hall–Kier alpha value is -1.25. The molecule has 0 bridgehead atoms. The molecule has 0 aromatic rings. The molecule has 0 aliphatic carbocycles. The lowest BCUT2D eigenvalue weighted by atomic mass is 10.0. The fourth-order valence-corrected chi connectivity index (χ4v) is 15.5. The summed E-state index contributed by atoms with van der Waals surface area (Å²) in [4.78, 5) is 38.3. The Balaban J connectivity index is 3.80. The quantitative estimate of drug-likeness (QED) is 0.0195. The third kappa shape index (κ3) is 87.7. The molecule has 0 aliphatic heterocycles. The van der Waals surface area contributed by atoms with Gasteiger partial charge in [-0.05, 0) is 38.5 Å². The van der Waals surface area contributed by atoms with Gasteiger partial charge in [0.25, 0.3) is 7.82 Å². The standard InChI is InChI=1S/C92H182NO8P/c1-6-8-10-12-14-16-18-20-22-24-26-28-30-32-34-36-38-40-42-44-45-46-47-49-51-53-55-57-59-61-63-65-67-69-71-73-75-77-79-81-83-85-92(95)101-90(89-100-102(96,97)99-87-86-93(3,4)5)88-98-91(94)84-82-80-78-76-74-72-70-68-66-64-62-60-58-56-54-52-50-48-43-41-39-37-35-33-31-29-27-25-23-21-19-17-15-13-11-9-7-2/h24,26,90H,6-23,25,27-89H2,1-5H3/b26-24-. The summed E-state index contributed by atoms with van der Waals surface area (Å²) in [5.41, 5.74) is 0. The highest BCUT2D eigenvalue weighted by Crippen LogP contribution is 2.38. The molecule has 0 rings (SSSR count). The molecule has 2 atom stereocenters. The Bertz CT molecular complexity index is 1720. The van der Waals surface area contributed by atoms with Crippen LogP contribution in [-0.4, -0.2) is 70.0 Å². The van der Waals surface area contributed by atoms with Gasteiger partial charge < -0.3 is 27.9 Å². The molecule has 0 heterocycles. The molecule has 0 aliphatic rings. The summed E-state index contributed by atoms with van der Waals surface area (Å²) < 4.78 is 34.5. The number of hydrogen-bond acceptors (Lipinski definition) is 8. The van der Waals surface area contributed by atoms with Crippen LogP contribution >= 0.6 is 7.82 Å². The van der Waals surface area contributed by atoms with Gasteiger partial charge in [-0.25, -0.2) is 0 Å². The van der Waals surface area contributed by atoms with Gasteiger partial charge in [0.05, 0.1) is 27.7 Å². The number of carbonyl (C=O) groups is 2. The van der Waals surface area contributed by atoms with Gasteiger partial charge in [0.15, 0.2) is 6.10 Å². The van der Waals surface area contributed by atoms with Crippen LogP contribution in [0.2, 0.25) is 0 Å². The van der Waals surface area contributed by atoms with Gasteiger partial charge >= 0.3 is 11.9 Å². The van der Waals surface area contributed by atoms with E-state index in [2.05, 4.69) is 26.0 Å². The first kappa shape index (κ1) is 101. The van der Waals surface area contributed by atoms with Crippen LogP contribution in [0.15, 0.2) is 12.2 Å². The number of unbranched alkanes of at least 4 members (excludes halogenated alkanes) is 73. The van der Waals surface area contributed by atoms with Crippen molar-refractivity contribution < 1.29 is 42.1 Å². The van der Waals surface area contributed by atoms with Crippen LogP contribution in [0.5, 0.6) is 0 Å². The van der Waals surface area contributed by atoms with Gasteiger partial charge in [0.2, 0.25) is 0 Å². The van der Waals surface area contributed by atoms with E-state index < -0.39 is 26.5 Å². The number of rotatable bonds is 89. The second-order valence-corrected chi connectivity index (χ2v) is 34.8. The van der Waals surface area contributed by atoms with Gasteiger partial charge in [-0.3, -0.25) is 14.2 Å². The summed E-state index contributed by atoms with van der Waals surface area (Å²) in [6.45, 7) is 4.35. The predicted molar refractivity (Wildman–Crippen MR) is 444 cm³/mol. The maximum atomic E-state index is 12.9. The summed E-state index contributed by atoms with van der Waals surface area (Å²) >= 11 is 0. The molecule has 0 fully saturated rings. The van der Waals surface area contributed by atoms with Crippen LogP contribution in [0.4, 0.5) is 0 Å². The van der Waals surface area contributed by atoms with E-state index in [-0.39, 0.29) is 32.0 Å². The maximum absolute atomic E-state index is 12.9. The number of likely N-dealkylation sites (N-methyl/N-ethyl adjacent to an activating group) is 1. The molecule has 0 saturated heterocycles. The zero-order chi connectivity index (χ0) is 74.0. The first-order chi connectivity index (χ1) is 50.0. The van der Waals surface area contributed by atoms with Crippen molar-refractivity contribution in [1.29, 1.82) is 0 Å². The fraction of sp³-hybridized carbons (Fsp3) is 0.957. The van der Waals surface area contributed by atoms with Gasteiger partial charge in [-0.2, -0.15) is 0 Å².